The number of H-pyrrole nitrogens is 1. The number of amides is 1. The molecule has 4 aliphatic heterocycles. The Morgan fingerprint density at radius 2 is 0.896 bits per heavy atom. The average Bonchev–Trinajstić information content (AvgIpc) is 1.62. The second-order valence-electron chi connectivity index (χ2n) is 32.6. The molecule has 4 aromatic carbocycles. The number of carbonyl (C=O) groups is 1. The highest BCUT2D eigenvalue weighted by atomic mass is 79.9. The van der Waals surface area contributed by atoms with E-state index in [1.165, 1.54) is 48.0 Å². The molecule has 22 rings (SSSR count). The van der Waals surface area contributed by atoms with Gasteiger partial charge in [-0.15, -0.1) is 5.10 Å². The molecule has 34 nitrogen and oxygen atoms in total. The third-order valence-electron chi connectivity index (χ3n) is 23.7. The van der Waals surface area contributed by atoms with Crippen molar-refractivity contribution in [2.75, 3.05) is 91.7 Å². The predicted molar refractivity (Wildman–Crippen MR) is 537 cm³/mol. The number of nitrogens with zero attached hydrogens (tertiary/aromatic N) is 21. The zero-order chi connectivity index (χ0) is 91.8. The highest BCUT2D eigenvalue weighted by Gasteiger charge is 2.26. The quantitative estimate of drug-likeness (QED) is 0.0300. The Labute approximate surface area is 815 Å². The van der Waals surface area contributed by atoms with Crippen LogP contribution in [0.3, 0.4) is 0 Å². The molecular formula is C93H95Br5FN33OS. The van der Waals surface area contributed by atoms with Crippen molar-refractivity contribution in [3.05, 3.63) is 285 Å². The number of pyridine rings is 1. The number of fused-ring (bicyclic) bond motifs is 6. The number of carbonyl (C=O) groups excluding carboxylic acids is 1. The molecule has 0 aliphatic carbocycles. The Kier molecular flexibility index (Phi) is 30.1. The van der Waals surface area contributed by atoms with Crippen molar-refractivity contribution < 1.29 is 9.18 Å². The number of nitrogens with two attached hydrogens (primary N) is 1. The standard InChI is InChI=1S/C21H17BrFN5O.C20H20BrN7S.C19H20BrN7.C17H19BrN6.C16H19BrN8/c1-24-21(29)14-8-6-13(7-9-14)11-25-19-10-18(15-4-2-3-5-17(15)23)27-20-16(22)12-26-28(19)20;21-16-11-24-28-19(9-17(25-20(16)28)15-5-7-22-8-6-15)23-10-13-1-3-14(4-2-13)18-12-29-27-26-18;20-14-10-25-27-18(8-16(26-19(14)27)13-3-5-21-6-4-13)22-9-12-1-2-15-17(7-12)24-11-23-15;18-14-11-22-24-16(21-9-12-3-1-5-19-8-12)7-15(23-17(14)24)13-4-2-6-20-10-13;17-12-9-23-25-14(20-5-10-6-21-16(18)22-7-10)4-13(24-15(12)25)11-2-1-3-19-8-11/h2-10,12,25H,11H2,1H3,(H,24,29);1-4,9,11-12,15,22-23H,5-8,10H2;1-2,7-8,10-11,13,21-22H,3-6,9H2,(H,23,24);1,3,5,7-8,11,13,20-21H,2,4,6,9-10H2;4,6-7,9,11,19-20H,1-3,5,8H2,(H2,18,21,22). The summed E-state index contributed by atoms with van der Waals surface area (Å²) in [6, 6.07) is 42.8. The molecule has 134 heavy (non-hydrogen) atoms. The minimum absolute atomic E-state index is 0.128. The minimum Gasteiger partial charge on any atom is -0.368 e. The summed E-state index contributed by atoms with van der Waals surface area (Å²) in [6.45, 7) is 11.5. The van der Waals surface area contributed by atoms with Gasteiger partial charge in [-0.3, -0.25) is 9.78 Å². The van der Waals surface area contributed by atoms with Gasteiger partial charge in [-0.25, -0.2) is 44.3 Å². The van der Waals surface area contributed by atoms with Gasteiger partial charge in [0.05, 0.1) is 87.8 Å². The van der Waals surface area contributed by atoms with E-state index in [2.05, 4.69) is 265 Å². The zero-order valence-electron chi connectivity index (χ0n) is 72.8. The number of nitrogens with one attached hydrogen (secondary N) is 11. The maximum Gasteiger partial charge on any atom is 0.251 e. The van der Waals surface area contributed by atoms with E-state index in [9.17, 15) is 9.18 Å². The number of nitrogen functional groups attached to an aromatic ring is 1. The summed E-state index contributed by atoms with van der Waals surface area (Å²) in [4.78, 5) is 55.3. The van der Waals surface area contributed by atoms with Gasteiger partial charge in [-0.2, -0.15) is 48.1 Å². The van der Waals surface area contributed by atoms with Crippen molar-refractivity contribution in [2.24, 2.45) is 0 Å². The van der Waals surface area contributed by atoms with Crippen LogP contribution in [0.4, 0.5) is 39.4 Å². The second-order valence-corrected chi connectivity index (χ2v) is 37.5. The van der Waals surface area contributed by atoms with E-state index < -0.39 is 0 Å². The summed E-state index contributed by atoms with van der Waals surface area (Å²) in [7, 11) is 1.60. The first kappa shape index (κ1) is 92.1. The van der Waals surface area contributed by atoms with Crippen LogP contribution in [0.2, 0.25) is 0 Å². The van der Waals surface area contributed by atoms with Crippen molar-refractivity contribution in [3.63, 3.8) is 0 Å². The highest BCUT2D eigenvalue weighted by Crippen LogP contribution is 2.36. The Morgan fingerprint density at radius 3 is 1.35 bits per heavy atom. The van der Waals surface area contributed by atoms with Crippen LogP contribution < -0.4 is 58.9 Å². The van der Waals surface area contributed by atoms with E-state index in [4.69, 9.17) is 25.7 Å². The first-order valence-corrected chi connectivity index (χ1v) is 49.0. The van der Waals surface area contributed by atoms with Crippen LogP contribution in [0.25, 0.3) is 61.8 Å². The summed E-state index contributed by atoms with van der Waals surface area (Å²) < 4.78 is 31.6. The smallest absolute Gasteiger partial charge is 0.251 e. The molecule has 0 saturated carbocycles. The van der Waals surface area contributed by atoms with Crippen molar-refractivity contribution >= 4 is 171 Å². The molecule has 686 valence electrons. The van der Waals surface area contributed by atoms with Crippen LogP contribution in [0.5, 0.6) is 0 Å². The van der Waals surface area contributed by atoms with Gasteiger partial charge in [0.2, 0.25) is 5.95 Å². The lowest BCUT2D eigenvalue weighted by Gasteiger charge is -2.23. The topological polar surface area (TPSA) is 407 Å². The maximum absolute atomic E-state index is 14.3. The molecule has 41 heteroatoms. The largest absolute Gasteiger partial charge is 0.368 e. The van der Waals surface area contributed by atoms with Crippen LogP contribution in [0, 0.1) is 5.82 Å². The normalized spacial score (nSPS) is 15.3. The molecule has 4 saturated heterocycles. The Balaban J connectivity index is 0.000000112. The van der Waals surface area contributed by atoms with Crippen LogP contribution >= 0.6 is 91.2 Å². The van der Waals surface area contributed by atoms with Gasteiger partial charge < -0.3 is 63.9 Å². The Bertz CT molecular complexity index is 7020. The molecule has 13 N–H and O–H groups in total. The molecule has 18 aromatic rings. The lowest BCUT2D eigenvalue weighted by atomic mass is 9.94. The van der Waals surface area contributed by atoms with E-state index >= 15 is 0 Å². The Morgan fingerprint density at radius 1 is 0.448 bits per heavy atom. The number of piperidine rings is 4. The molecule has 14 aromatic heterocycles. The van der Waals surface area contributed by atoms with E-state index in [0.717, 1.165) is 210 Å². The molecule has 0 bridgehead atoms. The molecule has 1 amide bonds. The third-order valence-corrected chi connectivity index (χ3v) is 27.0. The first-order chi connectivity index (χ1) is 65.6. The number of anilines is 6. The van der Waals surface area contributed by atoms with Gasteiger partial charge in [0.15, 0.2) is 28.2 Å². The van der Waals surface area contributed by atoms with Crippen LogP contribution in [-0.2, 0) is 32.7 Å². The number of aromatic nitrogens is 22. The molecule has 18 heterocycles. The third kappa shape index (κ3) is 22.3. The highest BCUT2D eigenvalue weighted by molar-refractivity contribution is 9.11. The molecule has 4 fully saturated rings. The zero-order valence-corrected chi connectivity index (χ0v) is 81.5. The van der Waals surface area contributed by atoms with Gasteiger partial charge >= 0.3 is 0 Å². The maximum atomic E-state index is 14.3. The van der Waals surface area contributed by atoms with Crippen LogP contribution in [0.15, 0.2) is 223 Å². The van der Waals surface area contributed by atoms with E-state index in [1.807, 2.05) is 53.9 Å². The molecule has 0 radical (unpaired) electrons. The number of imidazole rings is 1. The second kappa shape index (κ2) is 43.8. The summed E-state index contributed by atoms with van der Waals surface area (Å²) in [5.74, 6) is 6.09. The fourth-order valence-corrected chi connectivity index (χ4v) is 18.7. The van der Waals surface area contributed by atoms with Crippen molar-refractivity contribution in [3.8, 4) is 22.5 Å². The first-order valence-electron chi connectivity index (χ1n) is 44.2. The Hall–Kier alpha value is -12.3. The summed E-state index contributed by atoms with van der Waals surface area (Å²) in [5.41, 5.74) is 25.0. The SMILES string of the molecule is Brc1cnn2c(NCc3ccc(-c4csnn4)cc3)cc(C3CCNCC3)nc12.Brc1cnn2c(NCc3ccc4nc[nH]c4c3)cc(C3CCNCC3)nc12.Brc1cnn2c(NCc3cccnc3)cc(C3CCCNC3)nc12.CNC(=O)c1ccc(CNc2cc(-c3ccccc3F)nc3c(Br)cnn23)cc1.Nc1ncc(CNc2cc(C3CCCNC3)nc3c(Br)cnn23)cn1. The predicted octanol–water partition coefficient (Wildman–Crippen LogP) is 16.7. The number of benzene rings is 4. The summed E-state index contributed by atoms with van der Waals surface area (Å²) in [5, 5.41) is 61.9. The summed E-state index contributed by atoms with van der Waals surface area (Å²) in [6.07, 6.45) is 26.8. The minimum atomic E-state index is -0.337. The average molecular weight is 2140 g/mol. The van der Waals surface area contributed by atoms with Crippen molar-refractivity contribution in [2.45, 2.75) is 108 Å². The van der Waals surface area contributed by atoms with E-state index in [-0.39, 0.29) is 17.7 Å². The lowest BCUT2D eigenvalue weighted by Crippen LogP contribution is -2.29. The lowest BCUT2D eigenvalue weighted by molar-refractivity contribution is 0.0963. The van der Waals surface area contributed by atoms with Gasteiger partial charge in [0.25, 0.3) is 5.91 Å². The van der Waals surface area contributed by atoms with E-state index in [0.29, 0.717) is 89.2 Å². The molecular weight excluding hydrogens is 2050 g/mol. The molecule has 2 atom stereocenters. The number of hydrogen-bond acceptors (Lipinski definition) is 28. The number of halogens is 6. The number of rotatable bonds is 22. The van der Waals surface area contributed by atoms with Gasteiger partial charge in [-0.1, -0.05) is 65.2 Å². The molecule has 2 unspecified atom stereocenters. The number of hydrogen-bond donors (Lipinski definition) is 12. The monoisotopic (exact) mass is 2140 g/mol. The van der Waals surface area contributed by atoms with Gasteiger partial charge in [0.1, 0.15) is 40.6 Å². The van der Waals surface area contributed by atoms with Gasteiger partial charge in [0, 0.05) is 171 Å². The van der Waals surface area contributed by atoms with Crippen LogP contribution in [0.1, 0.15) is 136 Å². The molecule has 0 spiro atoms. The van der Waals surface area contributed by atoms with Crippen LogP contribution in [-0.4, -0.2) is 173 Å². The summed E-state index contributed by atoms with van der Waals surface area (Å²) >= 11 is 19.1. The fraction of sp³-hybridized carbons (Fsp3) is 0.280. The van der Waals surface area contributed by atoms with Crippen molar-refractivity contribution in [1.29, 1.82) is 0 Å². The molecule has 4 aliphatic rings. The number of aromatic amines is 1. The van der Waals surface area contributed by atoms with Gasteiger partial charge in [-0.05, 0) is 247 Å². The van der Waals surface area contributed by atoms with Crippen molar-refractivity contribution in [1.82, 2.24) is 134 Å². The van der Waals surface area contributed by atoms with E-state index in [1.54, 1.807) is 104 Å². The fourth-order valence-electron chi connectivity index (χ4n) is 16.5.